The van der Waals surface area contributed by atoms with Crippen LogP contribution in [0.2, 0.25) is 0 Å². The topological polar surface area (TPSA) is 62.2 Å². The summed E-state index contributed by atoms with van der Waals surface area (Å²) in [5.41, 5.74) is 0.450. The lowest BCUT2D eigenvalue weighted by Crippen LogP contribution is -2.49. The molecule has 20 heavy (non-hydrogen) atoms. The molecule has 3 rings (SSSR count). The summed E-state index contributed by atoms with van der Waals surface area (Å²) in [6.07, 6.45) is 4.77. The van der Waals surface area contributed by atoms with E-state index in [9.17, 15) is 4.79 Å². The third kappa shape index (κ3) is 2.59. The largest absolute Gasteiger partial charge is 0.353 e. The summed E-state index contributed by atoms with van der Waals surface area (Å²) in [6, 6.07) is 7.51. The SMILES string of the molecule is O=C(c1ccncn1)N1CCN(c2ccccn2)CC1. The lowest BCUT2D eigenvalue weighted by atomic mass is 10.2. The number of hydrogen-bond donors (Lipinski definition) is 0. The fraction of sp³-hybridized carbons (Fsp3) is 0.286. The molecule has 1 saturated heterocycles. The third-order valence-electron chi connectivity index (χ3n) is 3.34. The molecular formula is C14H15N5O. The van der Waals surface area contributed by atoms with Crippen LogP contribution in [-0.4, -0.2) is 51.9 Å². The van der Waals surface area contributed by atoms with Crippen molar-refractivity contribution in [2.24, 2.45) is 0 Å². The van der Waals surface area contributed by atoms with E-state index in [4.69, 9.17) is 0 Å². The Bertz CT molecular complexity index is 567. The standard InChI is InChI=1S/C14H15N5O/c20-14(12-4-6-15-11-17-12)19-9-7-18(8-10-19)13-3-1-2-5-16-13/h1-6,11H,7-10H2. The molecule has 6 nitrogen and oxygen atoms in total. The maximum absolute atomic E-state index is 12.2. The van der Waals surface area contributed by atoms with Crippen molar-refractivity contribution in [3.8, 4) is 0 Å². The lowest BCUT2D eigenvalue weighted by molar-refractivity contribution is 0.0740. The van der Waals surface area contributed by atoms with Crippen LogP contribution < -0.4 is 4.90 Å². The van der Waals surface area contributed by atoms with Crippen molar-refractivity contribution in [2.45, 2.75) is 0 Å². The summed E-state index contributed by atoms with van der Waals surface area (Å²) >= 11 is 0. The second-order valence-electron chi connectivity index (χ2n) is 4.56. The van der Waals surface area contributed by atoms with Crippen LogP contribution in [0.4, 0.5) is 5.82 Å². The molecule has 0 atom stereocenters. The van der Waals surface area contributed by atoms with Gasteiger partial charge in [-0.3, -0.25) is 4.79 Å². The quantitative estimate of drug-likeness (QED) is 0.808. The van der Waals surface area contributed by atoms with Crippen LogP contribution in [0, 0.1) is 0 Å². The highest BCUT2D eigenvalue weighted by Crippen LogP contribution is 2.13. The van der Waals surface area contributed by atoms with Crippen molar-refractivity contribution in [1.29, 1.82) is 0 Å². The van der Waals surface area contributed by atoms with Gasteiger partial charge in [-0.05, 0) is 18.2 Å². The Morgan fingerprint density at radius 3 is 2.50 bits per heavy atom. The minimum absolute atomic E-state index is 0.0342. The number of piperazine rings is 1. The minimum atomic E-state index is -0.0342. The Hall–Kier alpha value is -2.50. The number of carbonyl (C=O) groups excluding carboxylic acids is 1. The van der Waals surface area contributed by atoms with Gasteiger partial charge in [0.2, 0.25) is 0 Å². The number of anilines is 1. The third-order valence-corrected chi connectivity index (χ3v) is 3.34. The van der Waals surface area contributed by atoms with E-state index in [2.05, 4.69) is 19.9 Å². The number of nitrogens with zero attached hydrogens (tertiary/aromatic N) is 5. The van der Waals surface area contributed by atoms with Crippen molar-refractivity contribution < 1.29 is 4.79 Å². The molecular weight excluding hydrogens is 254 g/mol. The second-order valence-corrected chi connectivity index (χ2v) is 4.56. The van der Waals surface area contributed by atoms with E-state index >= 15 is 0 Å². The molecule has 0 N–H and O–H groups in total. The smallest absolute Gasteiger partial charge is 0.272 e. The Balaban J connectivity index is 1.63. The molecule has 1 aliphatic rings. The van der Waals surface area contributed by atoms with E-state index < -0.39 is 0 Å². The van der Waals surface area contributed by atoms with Gasteiger partial charge in [-0.15, -0.1) is 0 Å². The van der Waals surface area contributed by atoms with E-state index in [1.807, 2.05) is 23.1 Å². The van der Waals surface area contributed by atoms with Gasteiger partial charge in [0.25, 0.3) is 5.91 Å². The highest BCUT2D eigenvalue weighted by molar-refractivity contribution is 5.92. The summed E-state index contributed by atoms with van der Waals surface area (Å²) in [5.74, 6) is 0.926. The lowest BCUT2D eigenvalue weighted by Gasteiger charge is -2.35. The number of carbonyl (C=O) groups is 1. The molecule has 1 fully saturated rings. The summed E-state index contributed by atoms with van der Waals surface area (Å²) < 4.78 is 0. The zero-order valence-electron chi connectivity index (χ0n) is 11.0. The first-order valence-corrected chi connectivity index (χ1v) is 6.56. The summed E-state index contributed by atoms with van der Waals surface area (Å²) in [7, 11) is 0. The van der Waals surface area contributed by atoms with Crippen molar-refractivity contribution in [3.05, 3.63) is 48.7 Å². The molecule has 6 heteroatoms. The number of aromatic nitrogens is 3. The predicted molar refractivity (Wildman–Crippen MR) is 74.4 cm³/mol. The van der Waals surface area contributed by atoms with Crippen molar-refractivity contribution in [1.82, 2.24) is 19.9 Å². The van der Waals surface area contributed by atoms with Gasteiger partial charge in [-0.25, -0.2) is 15.0 Å². The number of rotatable bonds is 2. The summed E-state index contributed by atoms with van der Waals surface area (Å²) in [6.45, 7) is 2.93. The molecule has 1 aliphatic heterocycles. The first-order chi connectivity index (χ1) is 9.84. The van der Waals surface area contributed by atoms with Crippen LogP contribution in [0.25, 0.3) is 0 Å². The summed E-state index contributed by atoms with van der Waals surface area (Å²) in [5, 5.41) is 0. The van der Waals surface area contributed by atoms with Crippen LogP contribution in [0.5, 0.6) is 0 Å². The van der Waals surface area contributed by atoms with Gasteiger partial charge >= 0.3 is 0 Å². The van der Waals surface area contributed by atoms with Crippen molar-refractivity contribution >= 4 is 11.7 Å². The average molecular weight is 269 g/mol. The Morgan fingerprint density at radius 2 is 1.85 bits per heavy atom. The predicted octanol–water partition coefficient (Wildman–Crippen LogP) is 0.834. The van der Waals surface area contributed by atoms with Crippen LogP contribution in [0.1, 0.15) is 10.5 Å². The van der Waals surface area contributed by atoms with Crippen LogP contribution >= 0.6 is 0 Å². The fourth-order valence-corrected chi connectivity index (χ4v) is 2.26. The average Bonchev–Trinajstić information content (AvgIpc) is 2.56. The molecule has 0 bridgehead atoms. The molecule has 2 aromatic rings. The molecule has 0 spiro atoms. The van der Waals surface area contributed by atoms with Crippen LogP contribution in [0.3, 0.4) is 0 Å². The zero-order chi connectivity index (χ0) is 13.8. The molecule has 1 amide bonds. The molecule has 0 radical (unpaired) electrons. The first-order valence-electron chi connectivity index (χ1n) is 6.56. The van der Waals surface area contributed by atoms with Gasteiger partial charge in [-0.1, -0.05) is 6.07 Å². The van der Waals surface area contributed by atoms with Crippen LogP contribution in [0.15, 0.2) is 43.0 Å². The highest BCUT2D eigenvalue weighted by Gasteiger charge is 2.23. The molecule has 3 heterocycles. The van der Waals surface area contributed by atoms with E-state index in [1.165, 1.54) is 6.33 Å². The molecule has 2 aromatic heterocycles. The first kappa shape index (κ1) is 12.5. The van der Waals surface area contributed by atoms with Gasteiger partial charge in [0.05, 0.1) is 0 Å². The molecule has 0 saturated carbocycles. The molecule has 0 aliphatic carbocycles. The maximum Gasteiger partial charge on any atom is 0.272 e. The monoisotopic (exact) mass is 269 g/mol. The van der Waals surface area contributed by atoms with E-state index in [1.54, 1.807) is 18.5 Å². The van der Waals surface area contributed by atoms with Crippen molar-refractivity contribution in [3.63, 3.8) is 0 Å². The number of hydrogen-bond acceptors (Lipinski definition) is 5. The fourth-order valence-electron chi connectivity index (χ4n) is 2.26. The normalized spacial score (nSPS) is 15.2. The van der Waals surface area contributed by atoms with Gasteiger partial charge < -0.3 is 9.80 Å². The van der Waals surface area contributed by atoms with Crippen molar-refractivity contribution in [2.75, 3.05) is 31.1 Å². The Kier molecular flexibility index (Phi) is 3.54. The summed E-state index contributed by atoms with van der Waals surface area (Å²) in [4.78, 5) is 28.4. The Labute approximate surface area is 117 Å². The van der Waals surface area contributed by atoms with Crippen LogP contribution in [-0.2, 0) is 0 Å². The molecule has 102 valence electrons. The van der Waals surface area contributed by atoms with Gasteiger partial charge in [0.1, 0.15) is 17.8 Å². The molecule has 0 unspecified atom stereocenters. The van der Waals surface area contributed by atoms with Gasteiger partial charge in [-0.2, -0.15) is 0 Å². The number of amides is 1. The molecule has 0 aromatic carbocycles. The van der Waals surface area contributed by atoms with E-state index in [-0.39, 0.29) is 5.91 Å². The van der Waals surface area contributed by atoms with Gasteiger partial charge in [0.15, 0.2) is 0 Å². The number of pyridine rings is 1. The van der Waals surface area contributed by atoms with E-state index in [0.29, 0.717) is 18.8 Å². The van der Waals surface area contributed by atoms with Gasteiger partial charge in [0, 0.05) is 38.6 Å². The Morgan fingerprint density at radius 1 is 1.00 bits per heavy atom. The zero-order valence-corrected chi connectivity index (χ0v) is 11.0. The van der Waals surface area contributed by atoms with E-state index in [0.717, 1.165) is 18.9 Å². The second kappa shape index (κ2) is 5.64. The maximum atomic E-state index is 12.2. The highest BCUT2D eigenvalue weighted by atomic mass is 16.2. The minimum Gasteiger partial charge on any atom is -0.353 e.